The molecule has 22 heavy (non-hydrogen) atoms. The highest BCUT2D eigenvalue weighted by Crippen LogP contribution is 2.36. The Morgan fingerprint density at radius 3 is 2.95 bits per heavy atom. The van der Waals surface area contributed by atoms with Gasteiger partial charge >= 0.3 is 0 Å². The van der Waals surface area contributed by atoms with E-state index in [1.165, 1.54) is 17.2 Å². The lowest BCUT2D eigenvalue weighted by atomic mass is 10.1. The summed E-state index contributed by atoms with van der Waals surface area (Å²) in [6, 6.07) is 14.1. The van der Waals surface area contributed by atoms with Gasteiger partial charge in [0.2, 0.25) is 5.91 Å². The van der Waals surface area contributed by atoms with Gasteiger partial charge in [0.15, 0.2) is 0 Å². The average molecular weight is 293 g/mol. The molecule has 1 unspecified atom stereocenters. The molecule has 1 aliphatic rings. The summed E-state index contributed by atoms with van der Waals surface area (Å²) < 4.78 is 6.14. The molecule has 0 aromatic heterocycles. The van der Waals surface area contributed by atoms with Crippen molar-refractivity contribution in [2.24, 2.45) is 0 Å². The van der Waals surface area contributed by atoms with Crippen LogP contribution in [0.3, 0.4) is 0 Å². The number of hydrogen-bond donors (Lipinski definition) is 1. The molecule has 0 aliphatic heterocycles. The predicted octanol–water partition coefficient (Wildman–Crippen LogP) is 4.19. The van der Waals surface area contributed by atoms with E-state index in [2.05, 4.69) is 31.0 Å². The van der Waals surface area contributed by atoms with E-state index >= 15 is 0 Å². The number of anilines is 1. The third-order valence-electron chi connectivity index (χ3n) is 3.89. The second-order valence-corrected chi connectivity index (χ2v) is 5.57. The summed E-state index contributed by atoms with van der Waals surface area (Å²) >= 11 is 0. The Hall–Kier alpha value is -2.55. The van der Waals surface area contributed by atoms with Crippen molar-refractivity contribution in [2.75, 3.05) is 5.32 Å². The lowest BCUT2D eigenvalue weighted by Gasteiger charge is -2.16. The van der Waals surface area contributed by atoms with Gasteiger partial charge in [0.25, 0.3) is 0 Å². The van der Waals surface area contributed by atoms with Crippen LogP contribution >= 0.6 is 0 Å². The number of carbonyl (C=O) groups excluding carboxylic acids is 1. The lowest BCUT2D eigenvalue weighted by molar-refractivity contribution is -0.111. The molecule has 2 aromatic carbocycles. The maximum Gasteiger partial charge on any atom is 0.247 e. The molecule has 0 radical (unpaired) electrons. The first-order chi connectivity index (χ1) is 10.7. The van der Waals surface area contributed by atoms with E-state index in [1.54, 1.807) is 0 Å². The number of aryl methyl sites for hydroxylation is 2. The Labute approximate surface area is 130 Å². The number of nitrogens with one attached hydrogen (secondary N) is 1. The predicted molar refractivity (Wildman–Crippen MR) is 88.1 cm³/mol. The van der Waals surface area contributed by atoms with Crippen LogP contribution in [0, 0.1) is 6.92 Å². The van der Waals surface area contributed by atoms with E-state index in [1.807, 2.05) is 30.3 Å². The summed E-state index contributed by atoms with van der Waals surface area (Å²) in [5.74, 6) is 0.687. The molecule has 0 spiro atoms. The molecule has 0 bridgehead atoms. The molecule has 1 amide bonds. The summed E-state index contributed by atoms with van der Waals surface area (Å²) in [5, 5.41) is 2.80. The molecule has 2 aromatic rings. The number of rotatable bonds is 4. The quantitative estimate of drug-likeness (QED) is 0.859. The fourth-order valence-corrected chi connectivity index (χ4v) is 2.81. The van der Waals surface area contributed by atoms with Gasteiger partial charge in [0.05, 0.1) is 0 Å². The second kappa shape index (κ2) is 6.06. The molecule has 0 saturated carbocycles. The van der Waals surface area contributed by atoms with Gasteiger partial charge in [0, 0.05) is 5.69 Å². The van der Waals surface area contributed by atoms with Gasteiger partial charge in [-0.25, -0.2) is 0 Å². The molecule has 3 nitrogen and oxygen atoms in total. The summed E-state index contributed by atoms with van der Waals surface area (Å²) in [6.07, 6.45) is 3.27. The Kier molecular flexibility index (Phi) is 3.96. The van der Waals surface area contributed by atoms with Crippen molar-refractivity contribution >= 4 is 11.6 Å². The highest BCUT2D eigenvalue weighted by atomic mass is 16.5. The topological polar surface area (TPSA) is 38.3 Å². The number of benzene rings is 2. The fourth-order valence-electron chi connectivity index (χ4n) is 2.81. The molecule has 0 heterocycles. The van der Waals surface area contributed by atoms with E-state index in [0.717, 1.165) is 29.8 Å². The standard InChI is InChI=1S/C19H19NO2/c1-3-19(21)20-15-9-7-14-8-10-18(17(14)12-15)22-16-6-4-5-13(2)11-16/h3-7,9,11-12,18H,1,8,10H2,2H3,(H,20,21). The molecular weight excluding hydrogens is 274 g/mol. The Balaban J connectivity index is 1.82. The molecule has 3 rings (SSSR count). The summed E-state index contributed by atoms with van der Waals surface area (Å²) in [5.41, 5.74) is 4.41. The van der Waals surface area contributed by atoms with Crippen LogP contribution in [0.25, 0.3) is 0 Å². The van der Waals surface area contributed by atoms with Gasteiger partial charge in [-0.2, -0.15) is 0 Å². The minimum atomic E-state index is -0.200. The lowest BCUT2D eigenvalue weighted by Crippen LogP contribution is -2.09. The maximum absolute atomic E-state index is 11.4. The van der Waals surface area contributed by atoms with Crippen molar-refractivity contribution in [3.8, 4) is 5.75 Å². The molecule has 3 heteroatoms. The van der Waals surface area contributed by atoms with Gasteiger partial charge in [0.1, 0.15) is 11.9 Å². The van der Waals surface area contributed by atoms with E-state index in [9.17, 15) is 4.79 Å². The van der Waals surface area contributed by atoms with E-state index < -0.39 is 0 Å². The van der Waals surface area contributed by atoms with Crippen LogP contribution in [0.4, 0.5) is 5.69 Å². The van der Waals surface area contributed by atoms with Crippen LogP contribution in [0.5, 0.6) is 5.75 Å². The van der Waals surface area contributed by atoms with E-state index in [0.29, 0.717) is 0 Å². The Bertz CT molecular complexity index is 721. The SMILES string of the molecule is C=CC(=O)Nc1ccc2c(c1)C(Oc1cccc(C)c1)CC2. The Morgan fingerprint density at radius 2 is 2.18 bits per heavy atom. The molecule has 112 valence electrons. The summed E-state index contributed by atoms with van der Waals surface area (Å²) in [6.45, 7) is 5.53. The smallest absolute Gasteiger partial charge is 0.247 e. The van der Waals surface area contributed by atoms with Crippen molar-refractivity contribution < 1.29 is 9.53 Å². The molecule has 0 saturated heterocycles. The van der Waals surface area contributed by atoms with Crippen LogP contribution in [0.15, 0.2) is 55.1 Å². The van der Waals surface area contributed by atoms with Crippen molar-refractivity contribution in [1.29, 1.82) is 0 Å². The average Bonchev–Trinajstić information content (AvgIpc) is 2.90. The summed E-state index contributed by atoms with van der Waals surface area (Å²) in [7, 11) is 0. The minimum absolute atomic E-state index is 0.0392. The summed E-state index contributed by atoms with van der Waals surface area (Å²) in [4.78, 5) is 11.4. The number of fused-ring (bicyclic) bond motifs is 1. The number of carbonyl (C=O) groups is 1. The van der Waals surface area contributed by atoms with Crippen molar-refractivity contribution in [1.82, 2.24) is 0 Å². The molecule has 1 N–H and O–H groups in total. The van der Waals surface area contributed by atoms with Crippen molar-refractivity contribution in [3.63, 3.8) is 0 Å². The zero-order chi connectivity index (χ0) is 15.5. The first-order valence-corrected chi connectivity index (χ1v) is 7.45. The number of amides is 1. The van der Waals surface area contributed by atoms with Crippen LogP contribution in [0.2, 0.25) is 0 Å². The van der Waals surface area contributed by atoms with Crippen molar-refractivity contribution in [3.05, 3.63) is 71.8 Å². The monoisotopic (exact) mass is 293 g/mol. The van der Waals surface area contributed by atoms with E-state index in [4.69, 9.17) is 4.74 Å². The van der Waals surface area contributed by atoms with Crippen LogP contribution in [0.1, 0.15) is 29.2 Å². The fraction of sp³-hybridized carbons (Fsp3) is 0.211. The maximum atomic E-state index is 11.4. The largest absolute Gasteiger partial charge is 0.486 e. The third kappa shape index (κ3) is 3.03. The van der Waals surface area contributed by atoms with Gasteiger partial charge in [-0.15, -0.1) is 0 Å². The van der Waals surface area contributed by atoms with Gasteiger partial charge in [-0.3, -0.25) is 4.79 Å². The third-order valence-corrected chi connectivity index (χ3v) is 3.89. The molecule has 0 fully saturated rings. The van der Waals surface area contributed by atoms with Crippen LogP contribution < -0.4 is 10.1 Å². The second-order valence-electron chi connectivity index (χ2n) is 5.57. The highest BCUT2D eigenvalue weighted by Gasteiger charge is 2.24. The highest BCUT2D eigenvalue weighted by molar-refractivity contribution is 5.98. The van der Waals surface area contributed by atoms with Crippen LogP contribution in [-0.4, -0.2) is 5.91 Å². The Morgan fingerprint density at radius 1 is 1.32 bits per heavy atom. The molecule has 1 atom stereocenters. The van der Waals surface area contributed by atoms with Gasteiger partial charge in [-0.1, -0.05) is 24.8 Å². The molecule has 1 aliphatic carbocycles. The minimum Gasteiger partial charge on any atom is -0.486 e. The van der Waals surface area contributed by atoms with Crippen molar-refractivity contribution in [2.45, 2.75) is 25.9 Å². The number of hydrogen-bond acceptors (Lipinski definition) is 2. The zero-order valence-corrected chi connectivity index (χ0v) is 12.6. The van der Waals surface area contributed by atoms with Crippen LogP contribution in [-0.2, 0) is 11.2 Å². The van der Waals surface area contributed by atoms with E-state index in [-0.39, 0.29) is 12.0 Å². The molecular formula is C19H19NO2. The number of ether oxygens (including phenoxy) is 1. The first kappa shape index (κ1) is 14.4. The normalized spacial score (nSPS) is 16.0. The first-order valence-electron chi connectivity index (χ1n) is 7.45. The zero-order valence-electron chi connectivity index (χ0n) is 12.6. The van der Waals surface area contributed by atoms with Gasteiger partial charge in [-0.05, 0) is 66.8 Å². The van der Waals surface area contributed by atoms with Gasteiger partial charge < -0.3 is 10.1 Å².